The summed E-state index contributed by atoms with van der Waals surface area (Å²) in [5.41, 5.74) is 11.8. The van der Waals surface area contributed by atoms with Gasteiger partial charge in [-0.3, -0.25) is 4.79 Å². The highest BCUT2D eigenvalue weighted by Gasteiger charge is 2.60. The number of nitrogens with two attached hydrogens (primary N) is 2. The number of amides is 1. The van der Waals surface area contributed by atoms with E-state index in [1.54, 1.807) is 6.92 Å². The Morgan fingerprint density at radius 3 is 2.65 bits per heavy atom. The molecule has 6 N–H and O–H groups in total. The average Bonchev–Trinajstić information content (AvgIpc) is 2.96. The largest absolute Gasteiger partial charge is 0.477 e. The van der Waals surface area contributed by atoms with Crippen LogP contribution in [-0.2, 0) is 9.59 Å². The van der Waals surface area contributed by atoms with Crippen LogP contribution in [0, 0.1) is 11.8 Å². The van der Waals surface area contributed by atoms with Crippen LogP contribution in [-0.4, -0.2) is 82.3 Å². The number of fused-ring (bicyclic) bond motifs is 1. The summed E-state index contributed by atoms with van der Waals surface area (Å²) in [4.78, 5) is 29.9. The quantitative estimate of drug-likeness (QED) is 0.206. The minimum absolute atomic E-state index is 0.0273. The molecule has 3 rings (SSSR count). The molecular formula is C17H28N5O4+. The first-order chi connectivity index (χ1) is 12.1. The number of likely N-dealkylation sites (N-methyl/N-ethyl adjacent to an activating group) is 1. The predicted molar refractivity (Wildman–Crippen MR) is 94.6 cm³/mol. The average molecular weight is 366 g/mol. The van der Waals surface area contributed by atoms with Crippen LogP contribution in [0.2, 0.25) is 0 Å². The maximum Gasteiger partial charge on any atom is 0.352 e. The second-order valence-electron chi connectivity index (χ2n) is 8.11. The van der Waals surface area contributed by atoms with Crippen molar-refractivity contribution in [3.63, 3.8) is 0 Å². The molecule has 0 aromatic rings. The van der Waals surface area contributed by atoms with Crippen molar-refractivity contribution in [1.82, 2.24) is 4.90 Å². The molecule has 0 aromatic heterocycles. The summed E-state index contributed by atoms with van der Waals surface area (Å²) in [7, 11) is 2.06. The number of rotatable bonds is 5. The van der Waals surface area contributed by atoms with Gasteiger partial charge in [0.05, 0.1) is 31.7 Å². The maximum atomic E-state index is 12.4. The van der Waals surface area contributed by atoms with Crippen LogP contribution in [0.25, 0.3) is 0 Å². The summed E-state index contributed by atoms with van der Waals surface area (Å²) in [5.74, 6) is -1.95. The smallest absolute Gasteiger partial charge is 0.352 e. The number of nitrogens with zero attached hydrogens (tertiary/aromatic N) is 3. The Balaban J connectivity index is 1.86. The van der Waals surface area contributed by atoms with Gasteiger partial charge < -0.3 is 31.1 Å². The molecule has 0 spiro atoms. The molecule has 3 unspecified atom stereocenters. The highest BCUT2D eigenvalue weighted by molar-refractivity contribution is 6.00. The molecule has 0 radical (unpaired) electrons. The van der Waals surface area contributed by atoms with E-state index < -0.39 is 18.0 Å². The third-order valence-corrected chi connectivity index (χ3v) is 6.06. The number of carbonyl (C=O) groups excluding carboxylic acids is 1. The summed E-state index contributed by atoms with van der Waals surface area (Å²) in [6.07, 6.45) is 0.0456. The second kappa shape index (κ2) is 6.24. The monoisotopic (exact) mass is 366 g/mol. The van der Waals surface area contributed by atoms with E-state index in [1.807, 2.05) is 6.92 Å². The maximum absolute atomic E-state index is 12.4. The number of carbonyl (C=O) groups is 2. The van der Waals surface area contributed by atoms with Gasteiger partial charge in [-0.2, -0.15) is 0 Å². The molecule has 9 heteroatoms. The van der Waals surface area contributed by atoms with E-state index in [-0.39, 0.29) is 35.6 Å². The number of aliphatic carboxylic acids is 1. The van der Waals surface area contributed by atoms with Gasteiger partial charge >= 0.3 is 5.97 Å². The third-order valence-electron chi connectivity index (χ3n) is 6.06. The van der Waals surface area contributed by atoms with Crippen molar-refractivity contribution >= 4 is 17.8 Å². The Kier molecular flexibility index (Phi) is 4.48. The molecule has 2 saturated heterocycles. The molecule has 2 fully saturated rings. The van der Waals surface area contributed by atoms with E-state index in [1.165, 1.54) is 4.90 Å². The molecule has 0 aliphatic carbocycles. The zero-order valence-electron chi connectivity index (χ0n) is 15.4. The number of hydrogen-bond donors (Lipinski definition) is 4. The van der Waals surface area contributed by atoms with Crippen molar-refractivity contribution in [1.29, 1.82) is 0 Å². The summed E-state index contributed by atoms with van der Waals surface area (Å²) in [6, 6.07) is -0.245. The molecule has 0 aromatic carbocycles. The number of carboxylic acids is 1. The first-order valence-electron chi connectivity index (χ1n) is 8.95. The highest BCUT2D eigenvalue weighted by Crippen LogP contribution is 2.47. The van der Waals surface area contributed by atoms with Crippen LogP contribution in [0.3, 0.4) is 0 Å². The predicted octanol–water partition coefficient (Wildman–Crippen LogP) is -1.33. The first-order valence-corrected chi connectivity index (χ1v) is 8.95. The molecule has 1 amide bonds. The van der Waals surface area contributed by atoms with Gasteiger partial charge in [0.15, 0.2) is 5.96 Å². The van der Waals surface area contributed by atoms with Gasteiger partial charge in [0.1, 0.15) is 24.8 Å². The fraction of sp³-hybridized carbons (Fsp3) is 0.706. The molecular weight excluding hydrogens is 338 g/mol. The topological polar surface area (TPSA) is 142 Å². The SMILES string of the molecule is C[C@@H](O)C1C(=O)N2C(C(=O)O)=C(C[N+]3(C)CC[C@H](N=C(N)N)C3)[C@H](C)C12. The summed E-state index contributed by atoms with van der Waals surface area (Å²) in [6.45, 7) is 5.62. The summed E-state index contributed by atoms with van der Waals surface area (Å²) < 4.78 is 0.631. The van der Waals surface area contributed by atoms with Crippen molar-refractivity contribution < 1.29 is 24.3 Å². The molecule has 9 nitrogen and oxygen atoms in total. The molecule has 3 aliphatic rings. The summed E-state index contributed by atoms with van der Waals surface area (Å²) >= 11 is 0. The molecule has 0 saturated carbocycles. The minimum atomic E-state index is -1.08. The van der Waals surface area contributed by atoms with Gasteiger partial charge in [-0.15, -0.1) is 0 Å². The van der Waals surface area contributed by atoms with Gasteiger partial charge in [-0.1, -0.05) is 6.92 Å². The normalized spacial score (nSPS) is 37.4. The number of aliphatic imine (C=N–C) groups is 1. The zero-order chi connectivity index (χ0) is 19.4. The van der Waals surface area contributed by atoms with Crippen LogP contribution in [0.5, 0.6) is 0 Å². The lowest BCUT2D eigenvalue weighted by Gasteiger charge is -2.46. The first kappa shape index (κ1) is 18.7. The lowest BCUT2D eigenvalue weighted by atomic mass is 9.77. The Bertz CT molecular complexity index is 699. The Morgan fingerprint density at radius 1 is 1.46 bits per heavy atom. The number of aliphatic hydroxyl groups excluding tert-OH is 1. The number of β-lactam (4-membered cyclic amide) rings is 1. The molecule has 6 atom stereocenters. The van der Waals surface area contributed by atoms with Gasteiger partial charge in [0.25, 0.3) is 0 Å². The van der Waals surface area contributed by atoms with Crippen molar-refractivity contribution in [3.8, 4) is 0 Å². The highest BCUT2D eigenvalue weighted by atomic mass is 16.4. The van der Waals surface area contributed by atoms with Gasteiger partial charge in [0.2, 0.25) is 5.91 Å². The molecule has 144 valence electrons. The Hall–Kier alpha value is -2.13. The van der Waals surface area contributed by atoms with Crippen molar-refractivity contribution in [2.24, 2.45) is 28.3 Å². The fourth-order valence-electron chi connectivity index (χ4n) is 4.88. The van der Waals surface area contributed by atoms with E-state index >= 15 is 0 Å². The fourth-order valence-corrected chi connectivity index (χ4v) is 4.88. The standard InChI is InChI=1S/C17H27N5O4/c1-8-11(7-22(3)5-4-10(6-22)20-17(18)19)14(16(25)26)21-13(8)12(9(2)23)15(21)24/h8-10,12-13,23H,4-7H2,1-3H3,(H4-,18,19,20,25,26)/p+1/t8-,9+,10-,12?,13?,22?/m0/s1. The van der Waals surface area contributed by atoms with E-state index in [4.69, 9.17) is 11.5 Å². The number of aliphatic hydroxyl groups is 1. The minimum Gasteiger partial charge on any atom is -0.477 e. The van der Waals surface area contributed by atoms with Crippen LogP contribution < -0.4 is 11.5 Å². The Labute approximate surface area is 152 Å². The van der Waals surface area contributed by atoms with Crippen LogP contribution >= 0.6 is 0 Å². The number of guanidine groups is 1. The number of likely N-dealkylation sites (tertiary alicyclic amines) is 1. The van der Waals surface area contributed by atoms with Crippen molar-refractivity contribution in [2.75, 3.05) is 26.7 Å². The molecule has 3 heterocycles. The lowest BCUT2D eigenvalue weighted by molar-refractivity contribution is -0.893. The molecule has 0 bridgehead atoms. The van der Waals surface area contributed by atoms with Crippen LogP contribution in [0.4, 0.5) is 0 Å². The molecule has 3 aliphatic heterocycles. The van der Waals surface area contributed by atoms with E-state index in [0.29, 0.717) is 11.0 Å². The lowest BCUT2D eigenvalue weighted by Crippen LogP contribution is -2.63. The Morgan fingerprint density at radius 2 is 2.12 bits per heavy atom. The number of quaternary nitrogens is 1. The van der Waals surface area contributed by atoms with Gasteiger partial charge in [-0.05, 0) is 6.92 Å². The van der Waals surface area contributed by atoms with Crippen molar-refractivity contribution in [2.45, 2.75) is 38.5 Å². The van der Waals surface area contributed by atoms with E-state index in [9.17, 15) is 19.8 Å². The van der Waals surface area contributed by atoms with E-state index in [0.717, 1.165) is 25.1 Å². The third kappa shape index (κ3) is 2.84. The zero-order valence-corrected chi connectivity index (χ0v) is 15.4. The van der Waals surface area contributed by atoms with Crippen LogP contribution in [0.1, 0.15) is 20.3 Å². The van der Waals surface area contributed by atoms with Crippen LogP contribution in [0.15, 0.2) is 16.3 Å². The second-order valence-corrected chi connectivity index (χ2v) is 8.11. The van der Waals surface area contributed by atoms with E-state index in [2.05, 4.69) is 12.0 Å². The van der Waals surface area contributed by atoms with Gasteiger partial charge in [-0.25, -0.2) is 9.79 Å². The summed E-state index contributed by atoms with van der Waals surface area (Å²) in [5, 5.41) is 19.6. The van der Waals surface area contributed by atoms with Gasteiger partial charge in [0, 0.05) is 17.9 Å². The van der Waals surface area contributed by atoms with Crippen molar-refractivity contribution in [3.05, 3.63) is 11.3 Å². The molecule has 26 heavy (non-hydrogen) atoms. The number of carboxylic acid groups (broad SMARTS) is 1. The number of hydrogen-bond acceptors (Lipinski definition) is 4.